The number of nitrogens with zero attached hydrogens (tertiary/aromatic N) is 2. The first-order valence-corrected chi connectivity index (χ1v) is 11.4. The predicted molar refractivity (Wildman–Crippen MR) is 139 cm³/mol. The minimum absolute atomic E-state index is 0.863. The van der Waals surface area contributed by atoms with Crippen LogP contribution < -0.4 is 4.90 Å². The van der Waals surface area contributed by atoms with Gasteiger partial charge in [-0.15, -0.1) is 0 Å². The molecule has 0 aliphatic carbocycles. The molecule has 2 heteroatoms. The standard InChI is InChI=1S/C31H22N2/c1-21-10-7-11-22-20-27-29(32(21)23-12-3-2-4-13-23)18-9-19-30(27)33-28-17-6-5-14-25(28)26-16-8-15-24(22)31(26)33/h2-19H,1,20H2. The maximum atomic E-state index is 4.44. The van der Waals surface area contributed by atoms with Crippen molar-refractivity contribution in [2.75, 3.05) is 4.90 Å². The van der Waals surface area contributed by atoms with E-state index in [-0.39, 0.29) is 0 Å². The molecule has 0 amide bonds. The van der Waals surface area contributed by atoms with Crippen LogP contribution in [-0.2, 0) is 6.42 Å². The number of benzene rings is 4. The van der Waals surface area contributed by atoms with Gasteiger partial charge in [0.2, 0.25) is 0 Å². The highest BCUT2D eigenvalue weighted by atomic mass is 15.2. The van der Waals surface area contributed by atoms with Gasteiger partial charge < -0.3 is 9.47 Å². The molecule has 3 heterocycles. The van der Waals surface area contributed by atoms with Crippen LogP contribution in [0.3, 0.4) is 0 Å². The van der Waals surface area contributed by atoms with Crippen LogP contribution in [0.25, 0.3) is 33.1 Å². The van der Waals surface area contributed by atoms with Gasteiger partial charge >= 0.3 is 0 Å². The third kappa shape index (κ3) is 2.55. The van der Waals surface area contributed by atoms with Crippen LogP contribution in [0.2, 0.25) is 0 Å². The first kappa shape index (κ1) is 18.3. The van der Waals surface area contributed by atoms with Gasteiger partial charge in [0.1, 0.15) is 0 Å². The van der Waals surface area contributed by atoms with Gasteiger partial charge in [-0.1, -0.05) is 79.4 Å². The quantitative estimate of drug-likeness (QED) is 0.266. The molecule has 0 radical (unpaired) electrons. The highest BCUT2D eigenvalue weighted by molar-refractivity contribution is 6.13. The van der Waals surface area contributed by atoms with E-state index < -0.39 is 0 Å². The Labute approximate surface area is 193 Å². The molecule has 0 fully saturated rings. The van der Waals surface area contributed by atoms with E-state index in [0.717, 1.165) is 17.8 Å². The Morgan fingerprint density at radius 3 is 2.36 bits per heavy atom. The number of aromatic nitrogens is 1. The summed E-state index contributed by atoms with van der Waals surface area (Å²) < 4.78 is 2.47. The monoisotopic (exact) mass is 422 g/mol. The molecule has 0 unspecified atom stereocenters. The third-order valence-corrected chi connectivity index (χ3v) is 6.90. The first-order chi connectivity index (χ1) is 16.3. The molecule has 0 spiro atoms. The summed E-state index contributed by atoms with van der Waals surface area (Å²) in [5.41, 5.74) is 11.0. The number of hydrogen-bond acceptors (Lipinski definition) is 1. The zero-order chi connectivity index (χ0) is 21.9. The minimum atomic E-state index is 0.863. The van der Waals surface area contributed by atoms with Crippen LogP contribution in [0, 0.1) is 0 Å². The van der Waals surface area contributed by atoms with E-state index in [1.54, 1.807) is 0 Å². The van der Waals surface area contributed by atoms with Gasteiger partial charge in [-0.3, -0.25) is 0 Å². The van der Waals surface area contributed by atoms with Gasteiger partial charge in [0.05, 0.1) is 22.4 Å². The Morgan fingerprint density at radius 1 is 0.697 bits per heavy atom. The van der Waals surface area contributed by atoms with E-state index in [1.807, 2.05) is 0 Å². The predicted octanol–water partition coefficient (Wildman–Crippen LogP) is 7.94. The molecule has 2 nitrogen and oxygen atoms in total. The van der Waals surface area contributed by atoms with Gasteiger partial charge in [0.15, 0.2) is 0 Å². The average molecular weight is 423 g/mol. The Hall–Kier alpha value is -4.30. The number of fused-ring (bicyclic) bond motifs is 6. The lowest BCUT2D eigenvalue weighted by molar-refractivity contribution is 1.11. The zero-order valence-corrected chi connectivity index (χ0v) is 18.2. The summed E-state index contributed by atoms with van der Waals surface area (Å²) in [7, 11) is 0. The van der Waals surface area contributed by atoms with Crippen molar-refractivity contribution in [3.8, 4) is 5.69 Å². The molecule has 156 valence electrons. The Morgan fingerprint density at radius 2 is 1.45 bits per heavy atom. The molecule has 0 atom stereocenters. The number of allylic oxidation sites excluding steroid dienone is 4. The van der Waals surface area contributed by atoms with Crippen molar-refractivity contribution in [1.29, 1.82) is 0 Å². The summed E-state index contributed by atoms with van der Waals surface area (Å²) in [5.74, 6) is 0. The lowest BCUT2D eigenvalue weighted by atomic mass is 9.95. The molecule has 1 aromatic heterocycles. The third-order valence-electron chi connectivity index (χ3n) is 6.90. The number of anilines is 2. The zero-order valence-electron chi connectivity index (χ0n) is 18.2. The van der Waals surface area contributed by atoms with E-state index >= 15 is 0 Å². The number of para-hydroxylation sites is 3. The fraction of sp³-hybridized carbons (Fsp3) is 0.0323. The van der Waals surface area contributed by atoms with Gasteiger partial charge in [-0.05, 0) is 42.0 Å². The summed E-state index contributed by atoms with van der Waals surface area (Å²) in [4.78, 5) is 2.28. The van der Waals surface area contributed by atoms with Crippen LogP contribution in [0.1, 0.15) is 11.1 Å². The molecule has 4 aromatic carbocycles. The Balaban J connectivity index is 1.66. The molecule has 2 aliphatic heterocycles. The molecule has 5 aromatic rings. The van der Waals surface area contributed by atoms with Crippen molar-refractivity contribution in [3.63, 3.8) is 0 Å². The van der Waals surface area contributed by atoms with Crippen molar-refractivity contribution >= 4 is 38.8 Å². The molecule has 33 heavy (non-hydrogen) atoms. The normalized spacial score (nSPS) is 14.6. The molecule has 0 saturated heterocycles. The summed E-state index contributed by atoms with van der Waals surface area (Å²) >= 11 is 0. The Bertz CT molecular complexity index is 1650. The molecule has 7 rings (SSSR count). The van der Waals surface area contributed by atoms with E-state index in [0.29, 0.717) is 0 Å². The molecule has 2 bridgehead atoms. The van der Waals surface area contributed by atoms with Crippen LogP contribution in [0.4, 0.5) is 11.4 Å². The van der Waals surface area contributed by atoms with E-state index in [1.165, 1.54) is 49.9 Å². The van der Waals surface area contributed by atoms with Gasteiger partial charge in [-0.25, -0.2) is 0 Å². The summed E-state index contributed by atoms with van der Waals surface area (Å²) in [5, 5.41) is 2.60. The van der Waals surface area contributed by atoms with Crippen LogP contribution >= 0.6 is 0 Å². The highest BCUT2D eigenvalue weighted by Crippen LogP contribution is 2.45. The summed E-state index contributed by atoms with van der Waals surface area (Å²) in [6.45, 7) is 4.44. The summed E-state index contributed by atoms with van der Waals surface area (Å²) in [6.07, 6.45) is 7.40. The van der Waals surface area contributed by atoms with Crippen LogP contribution in [-0.4, -0.2) is 4.57 Å². The maximum absolute atomic E-state index is 4.44. The summed E-state index contributed by atoms with van der Waals surface area (Å²) in [6, 6.07) is 32.7. The molecular weight excluding hydrogens is 400 g/mol. The van der Waals surface area contributed by atoms with E-state index in [2.05, 4.69) is 125 Å². The second kappa shape index (κ2) is 6.85. The lowest BCUT2D eigenvalue weighted by Gasteiger charge is -2.28. The maximum Gasteiger partial charge on any atom is 0.0616 e. The van der Waals surface area contributed by atoms with Crippen LogP contribution in [0.15, 0.2) is 121 Å². The highest BCUT2D eigenvalue weighted by Gasteiger charge is 2.27. The van der Waals surface area contributed by atoms with Crippen LogP contribution in [0.5, 0.6) is 0 Å². The van der Waals surface area contributed by atoms with Crippen molar-refractivity contribution in [2.24, 2.45) is 0 Å². The van der Waals surface area contributed by atoms with Crippen molar-refractivity contribution in [3.05, 3.63) is 133 Å². The van der Waals surface area contributed by atoms with Gasteiger partial charge in [0, 0.05) is 39.7 Å². The first-order valence-electron chi connectivity index (χ1n) is 11.4. The molecule has 0 N–H and O–H groups in total. The smallest absolute Gasteiger partial charge is 0.0616 e. The van der Waals surface area contributed by atoms with Crippen molar-refractivity contribution in [1.82, 2.24) is 4.57 Å². The number of rotatable bonds is 1. The largest absolute Gasteiger partial charge is 0.311 e. The van der Waals surface area contributed by atoms with Gasteiger partial charge in [0.25, 0.3) is 0 Å². The second-order valence-corrected chi connectivity index (χ2v) is 8.72. The number of hydrogen-bond donors (Lipinski definition) is 0. The van der Waals surface area contributed by atoms with Crippen molar-refractivity contribution in [2.45, 2.75) is 6.42 Å². The minimum Gasteiger partial charge on any atom is -0.311 e. The molecule has 2 aliphatic rings. The Kier molecular flexibility index (Phi) is 3.80. The van der Waals surface area contributed by atoms with Crippen molar-refractivity contribution < 1.29 is 0 Å². The fourth-order valence-electron chi connectivity index (χ4n) is 5.51. The second-order valence-electron chi connectivity index (χ2n) is 8.72. The molecule has 0 saturated carbocycles. The lowest BCUT2D eigenvalue weighted by Crippen LogP contribution is -2.17. The van der Waals surface area contributed by atoms with Gasteiger partial charge in [-0.2, -0.15) is 0 Å². The fourth-order valence-corrected chi connectivity index (χ4v) is 5.51. The molecular formula is C31H22N2. The van der Waals surface area contributed by atoms with E-state index in [9.17, 15) is 0 Å². The average Bonchev–Trinajstić information content (AvgIpc) is 3.14. The van der Waals surface area contributed by atoms with E-state index in [4.69, 9.17) is 0 Å². The SMILES string of the molecule is C=C1C=CC=C2Cc3c(cccc3-n3c4ccccc4c4cccc2c43)N1c1ccccc1. The topological polar surface area (TPSA) is 8.17 Å².